The maximum Gasteiger partial charge on any atom is 0.348 e. The van der Waals surface area contributed by atoms with Gasteiger partial charge in [-0.15, -0.1) is 0 Å². The predicted octanol–water partition coefficient (Wildman–Crippen LogP) is 1.78. The molecular formula is C12H15ClN4O. The van der Waals surface area contributed by atoms with Gasteiger partial charge in [0.1, 0.15) is 0 Å². The van der Waals surface area contributed by atoms with Crippen LogP contribution in [0.3, 0.4) is 0 Å². The quantitative estimate of drug-likeness (QED) is 0.851. The Hall–Kier alpha value is -1.62. The molecule has 0 saturated heterocycles. The lowest BCUT2D eigenvalue weighted by molar-refractivity contribution is 0.586. The van der Waals surface area contributed by atoms with Crippen molar-refractivity contribution < 1.29 is 0 Å². The van der Waals surface area contributed by atoms with Crippen LogP contribution >= 0.6 is 11.6 Å². The molecule has 2 aromatic heterocycles. The Morgan fingerprint density at radius 3 is 2.72 bits per heavy atom. The Balaban J connectivity index is 2.42. The van der Waals surface area contributed by atoms with Crippen molar-refractivity contribution in [2.45, 2.75) is 33.9 Å². The van der Waals surface area contributed by atoms with Crippen LogP contribution in [-0.4, -0.2) is 19.3 Å². The minimum absolute atomic E-state index is 0.271. The second-order valence-corrected chi connectivity index (χ2v) is 4.52. The van der Waals surface area contributed by atoms with Crippen LogP contribution in [0.25, 0.3) is 0 Å². The summed E-state index contributed by atoms with van der Waals surface area (Å²) in [5.41, 5.74) is 2.06. The van der Waals surface area contributed by atoms with E-state index in [0.29, 0.717) is 17.3 Å². The van der Waals surface area contributed by atoms with Crippen LogP contribution in [0.15, 0.2) is 17.1 Å². The summed E-state index contributed by atoms with van der Waals surface area (Å²) in [5, 5.41) is 4.94. The topological polar surface area (TPSA) is 52.7 Å². The number of nitrogens with zero attached hydrogens (tertiary/aromatic N) is 4. The van der Waals surface area contributed by atoms with E-state index in [1.54, 1.807) is 19.2 Å². The van der Waals surface area contributed by atoms with Gasteiger partial charge in [0.2, 0.25) is 0 Å². The summed E-state index contributed by atoms with van der Waals surface area (Å²) in [6.45, 7) is 6.74. The third-order valence-electron chi connectivity index (χ3n) is 2.79. The van der Waals surface area contributed by atoms with Gasteiger partial charge in [-0.05, 0) is 26.8 Å². The van der Waals surface area contributed by atoms with E-state index < -0.39 is 0 Å². The van der Waals surface area contributed by atoms with Crippen molar-refractivity contribution >= 4 is 11.6 Å². The van der Waals surface area contributed by atoms with Crippen molar-refractivity contribution in [3.05, 3.63) is 44.9 Å². The van der Waals surface area contributed by atoms with Crippen LogP contribution < -0.4 is 5.69 Å². The molecule has 0 aliphatic carbocycles. The van der Waals surface area contributed by atoms with Gasteiger partial charge in [0.15, 0.2) is 0 Å². The van der Waals surface area contributed by atoms with Gasteiger partial charge >= 0.3 is 5.69 Å². The van der Waals surface area contributed by atoms with Gasteiger partial charge in [0, 0.05) is 18.4 Å². The number of hydrogen-bond acceptors (Lipinski definition) is 3. The molecule has 0 radical (unpaired) electrons. The van der Waals surface area contributed by atoms with Crippen LogP contribution in [0.5, 0.6) is 0 Å². The second kappa shape index (κ2) is 4.94. The fourth-order valence-electron chi connectivity index (χ4n) is 1.82. The molecule has 2 heterocycles. The van der Waals surface area contributed by atoms with E-state index in [9.17, 15) is 4.79 Å². The molecule has 96 valence electrons. The average Bonchev–Trinajstić information content (AvgIpc) is 2.60. The number of aryl methyl sites for hydroxylation is 3. The first-order valence-corrected chi connectivity index (χ1v) is 6.16. The third kappa shape index (κ3) is 2.31. The highest BCUT2D eigenvalue weighted by Gasteiger charge is 2.13. The van der Waals surface area contributed by atoms with E-state index >= 15 is 0 Å². The smallest absolute Gasteiger partial charge is 0.293 e. The summed E-state index contributed by atoms with van der Waals surface area (Å²) in [6, 6.07) is 1.80. The number of hydrogen-bond donors (Lipinski definition) is 0. The highest BCUT2D eigenvalue weighted by Crippen LogP contribution is 2.20. The van der Waals surface area contributed by atoms with E-state index in [1.807, 2.05) is 18.5 Å². The lowest BCUT2D eigenvalue weighted by Crippen LogP contribution is -2.24. The normalized spacial score (nSPS) is 10.9. The standard InChI is InChI=1S/C12H15ClN4O/c1-4-17-10(11(13)9(3)15-17)7-16-6-5-8(2)14-12(16)18/h5-6H,4,7H2,1-3H3. The molecule has 0 spiro atoms. The highest BCUT2D eigenvalue weighted by molar-refractivity contribution is 6.31. The number of rotatable bonds is 3. The van der Waals surface area contributed by atoms with Gasteiger partial charge in [0.05, 0.1) is 23.0 Å². The second-order valence-electron chi connectivity index (χ2n) is 4.14. The van der Waals surface area contributed by atoms with Crippen LogP contribution in [-0.2, 0) is 13.1 Å². The van der Waals surface area contributed by atoms with Crippen molar-refractivity contribution in [2.24, 2.45) is 0 Å². The lowest BCUT2D eigenvalue weighted by Gasteiger charge is -2.07. The molecule has 0 bridgehead atoms. The van der Waals surface area contributed by atoms with Crippen LogP contribution in [0.4, 0.5) is 0 Å². The summed E-state index contributed by atoms with van der Waals surface area (Å²) in [6.07, 6.45) is 1.73. The van der Waals surface area contributed by atoms with Crippen LogP contribution in [0.2, 0.25) is 5.02 Å². The zero-order valence-corrected chi connectivity index (χ0v) is 11.4. The van der Waals surface area contributed by atoms with Gasteiger partial charge < -0.3 is 0 Å². The maximum absolute atomic E-state index is 11.7. The van der Waals surface area contributed by atoms with Crippen molar-refractivity contribution in [1.82, 2.24) is 19.3 Å². The van der Waals surface area contributed by atoms with E-state index in [0.717, 1.165) is 17.9 Å². The maximum atomic E-state index is 11.7. The monoisotopic (exact) mass is 266 g/mol. The summed E-state index contributed by atoms with van der Waals surface area (Å²) in [4.78, 5) is 15.6. The third-order valence-corrected chi connectivity index (χ3v) is 3.28. The molecule has 18 heavy (non-hydrogen) atoms. The molecule has 2 rings (SSSR count). The Morgan fingerprint density at radius 2 is 2.11 bits per heavy atom. The van der Waals surface area contributed by atoms with Gasteiger partial charge in [-0.25, -0.2) is 4.79 Å². The largest absolute Gasteiger partial charge is 0.348 e. The molecule has 0 aromatic carbocycles. The Labute approximate surface area is 110 Å². The predicted molar refractivity (Wildman–Crippen MR) is 70.0 cm³/mol. The minimum Gasteiger partial charge on any atom is -0.293 e. The zero-order valence-electron chi connectivity index (χ0n) is 10.6. The molecule has 5 nitrogen and oxygen atoms in total. The van der Waals surface area contributed by atoms with E-state index in [4.69, 9.17) is 11.6 Å². The molecule has 0 fully saturated rings. The molecule has 0 atom stereocenters. The van der Waals surface area contributed by atoms with Gasteiger partial charge in [-0.1, -0.05) is 11.6 Å². The van der Waals surface area contributed by atoms with E-state index in [-0.39, 0.29) is 5.69 Å². The molecule has 0 unspecified atom stereocenters. The molecule has 0 aliphatic heterocycles. The number of aromatic nitrogens is 4. The molecule has 2 aromatic rings. The first-order chi connectivity index (χ1) is 8.52. The highest BCUT2D eigenvalue weighted by atomic mass is 35.5. The molecular weight excluding hydrogens is 252 g/mol. The SMILES string of the molecule is CCn1nc(C)c(Cl)c1Cn1ccc(C)nc1=O. The summed E-state index contributed by atoms with van der Waals surface area (Å²) < 4.78 is 3.34. The lowest BCUT2D eigenvalue weighted by atomic mass is 10.3. The van der Waals surface area contributed by atoms with E-state index in [1.165, 1.54) is 4.57 Å². The average molecular weight is 267 g/mol. The fourth-order valence-corrected chi connectivity index (χ4v) is 2.01. The van der Waals surface area contributed by atoms with E-state index in [2.05, 4.69) is 10.1 Å². The molecule has 0 N–H and O–H groups in total. The fraction of sp³-hybridized carbons (Fsp3) is 0.417. The van der Waals surface area contributed by atoms with Gasteiger partial charge in [-0.3, -0.25) is 9.25 Å². The van der Waals surface area contributed by atoms with Gasteiger partial charge in [0.25, 0.3) is 0 Å². The van der Waals surface area contributed by atoms with Crippen molar-refractivity contribution in [3.8, 4) is 0 Å². The van der Waals surface area contributed by atoms with Crippen LogP contribution in [0, 0.1) is 13.8 Å². The molecule has 0 amide bonds. The van der Waals surface area contributed by atoms with Crippen LogP contribution in [0.1, 0.15) is 24.0 Å². The van der Waals surface area contributed by atoms with Gasteiger partial charge in [-0.2, -0.15) is 10.1 Å². The summed E-state index contributed by atoms with van der Waals surface area (Å²) in [7, 11) is 0. The molecule has 6 heteroatoms. The Kier molecular flexibility index (Phi) is 3.52. The Bertz CT molecular complexity index is 629. The summed E-state index contributed by atoms with van der Waals surface area (Å²) in [5.74, 6) is 0. The zero-order chi connectivity index (χ0) is 13.3. The first-order valence-electron chi connectivity index (χ1n) is 5.78. The summed E-state index contributed by atoms with van der Waals surface area (Å²) >= 11 is 6.21. The van der Waals surface area contributed by atoms with Crippen molar-refractivity contribution in [3.63, 3.8) is 0 Å². The van der Waals surface area contributed by atoms with Crippen molar-refractivity contribution in [1.29, 1.82) is 0 Å². The Morgan fingerprint density at radius 1 is 1.39 bits per heavy atom. The number of halogens is 1. The minimum atomic E-state index is -0.271. The first kappa shape index (κ1) is 12.8. The molecule has 0 saturated carbocycles. The van der Waals surface area contributed by atoms with Crippen molar-refractivity contribution in [2.75, 3.05) is 0 Å². The molecule has 0 aliphatic rings.